The van der Waals surface area contributed by atoms with E-state index in [1.165, 1.54) is 5.56 Å². The number of nitrogens with zero attached hydrogens (tertiary/aromatic N) is 3. The first-order chi connectivity index (χ1) is 8.34. The Hall–Kier alpha value is -0.880. The van der Waals surface area contributed by atoms with E-state index in [0.29, 0.717) is 6.04 Å². The van der Waals surface area contributed by atoms with E-state index < -0.39 is 0 Å². The van der Waals surface area contributed by atoms with Crippen LogP contribution in [0.1, 0.15) is 18.5 Å². The fourth-order valence-electron chi connectivity index (χ4n) is 2.34. The van der Waals surface area contributed by atoms with Gasteiger partial charge in [0.05, 0.1) is 0 Å². The van der Waals surface area contributed by atoms with Gasteiger partial charge in [0.25, 0.3) is 0 Å². The molecule has 2 aromatic rings. The summed E-state index contributed by atoms with van der Waals surface area (Å²) in [5.74, 6) is 0. The normalized spacial score (nSPS) is 17.5. The van der Waals surface area contributed by atoms with E-state index in [2.05, 4.69) is 39.6 Å². The molecule has 2 heterocycles. The number of fused-ring (bicyclic) bond motifs is 1. The van der Waals surface area contributed by atoms with Crippen LogP contribution in [0.5, 0.6) is 0 Å². The molecule has 5 nitrogen and oxygen atoms in total. The van der Waals surface area contributed by atoms with Crippen LogP contribution in [0.2, 0.25) is 0 Å². The summed E-state index contributed by atoms with van der Waals surface area (Å²) in [5, 5.41) is 11.1. The fraction of sp³-hybridized carbons (Fsp3) is 0.500. The van der Waals surface area contributed by atoms with E-state index in [9.17, 15) is 0 Å². The van der Waals surface area contributed by atoms with Crippen molar-refractivity contribution < 1.29 is 4.63 Å². The first-order valence-electron chi connectivity index (χ1n) is 6.01. The van der Waals surface area contributed by atoms with Gasteiger partial charge in [-0.3, -0.25) is 4.90 Å². The molecule has 0 bridgehead atoms. The first kappa shape index (κ1) is 16.2. The Kier molecular flexibility index (Phi) is 6.00. The molecule has 1 atom stereocenters. The van der Waals surface area contributed by atoms with Gasteiger partial charge >= 0.3 is 0 Å². The van der Waals surface area contributed by atoms with Gasteiger partial charge in [0, 0.05) is 32.2 Å². The Labute approximate surface area is 124 Å². The molecule has 7 heteroatoms. The number of benzene rings is 1. The average Bonchev–Trinajstić information content (AvgIpc) is 2.86. The lowest BCUT2D eigenvalue weighted by atomic mass is 10.1. The number of aromatic nitrogens is 2. The molecule has 0 radical (unpaired) electrons. The number of halogens is 2. The lowest BCUT2D eigenvalue weighted by Gasteiger charge is -2.33. The van der Waals surface area contributed by atoms with Gasteiger partial charge in [0.1, 0.15) is 11.0 Å². The van der Waals surface area contributed by atoms with Crippen LogP contribution < -0.4 is 5.32 Å². The predicted molar refractivity (Wildman–Crippen MR) is 79.2 cm³/mol. The second-order valence-corrected chi connectivity index (χ2v) is 4.47. The third kappa shape index (κ3) is 3.36. The van der Waals surface area contributed by atoms with Gasteiger partial charge in [-0.2, -0.15) is 0 Å². The lowest BCUT2D eigenvalue weighted by molar-refractivity contribution is 0.185. The van der Waals surface area contributed by atoms with Gasteiger partial charge in [-0.05, 0) is 34.9 Å². The minimum atomic E-state index is 0. The molecule has 1 saturated heterocycles. The minimum absolute atomic E-state index is 0. The van der Waals surface area contributed by atoms with Crippen LogP contribution in [0.25, 0.3) is 11.0 Å². The molecule has 0 amide bonds. The number of piperazine rings is 1. The van der Waals surface area contributed by atoms with Crippen LogP contribution in [0, 0.1) is 0 Å². The highest BCUT2D eigenvalue weighted by atomic mass is 35.5. The van der Waals surface area contributed by atoms with Crippen molar-refractivity contribution in [3.63, 3.8) is 0 Å². The van der Waals surface area contributed by atoms with Crippen molar-refractivity contribution in [1.29, 1.82) is 0 Å². The average molecular weight is 305 g/mol. The Balaban J connectivity index is 0.000000902. The molecular formula is C12H18Cl2N4O. The molecule has 106 valence electrons. The van der Waals surface area contributed by atoms with E-state index in [1.807, 2.05) is 6.07 Å². The molecule has 1 unspecified atom stereocenters. The van der Waals surface area contributed by atoms with Gasteiger partial charge in [0.2, 0.25) is 0 Å². The number of nitrogens with one attached hydrogen (secondary N) is 1. The highest BCUT2D eigenvalue weighted by Crippen LogP contribution is 2.23. The summed E-state index contributed by atoms with van der Waals surface area (Å²) in [6, 6.07) is 6.57. The molecule has 0 spiro atoms. The molecule has 1 aliphatic rings. The van der Waals surface area contributed by atoms with Gasteiger partial charge < -0.3 is 5.32 Å². The molecule has 19 heavy (non-hydrogen) atoms. The molecule has 1 aromatic carbocycles. The van der Waals surface area contributed by atoms with Gasteiger partial charge in [-0.15, -0.1) is 24.8 Å². The van der Waals surface area contributed by atoms with E-state index in [4.69, 9.17) is 4.63 Å². The zero-order valence-electron chi connectivity index (χ0n) is 10.7. The van der Waals surface area contributed by atoms with Gasteiger partial charge in [0.15, 0.2) is 0 Å². The van der Waals surface area contributed by atoms with Crippen LogP contribution in [0.3, 0.4) is 0 Å². The fourth-order valence-corrected chi connectivity index (χ4v) is 2.34. The SMILES string of the molecule is CC(c1ccc2nonc2c1)N1CCNCC1.Cl.Cl. The molecular weight excluding hydrogens is 287 g/mol. The topological polar surface area (TPSA) is 54.2 Å². The zero-order valence-corrected chi connectivity index (χ0v) is 12.3. The maximum absolute atomic E-state index is 4.72. The standard InChI is InChI=1S/C12H16N4O.2ClH/c1-9(16-6-4-13-5-7-16)10-2-3-11-12(8-10)15-17-14-11;;/h2-3,8-9,13H,4-7H2,1H3;2*1H. The van der Waals surface area contributed by atoms with E-state index in [1.54, 1.807) is 0 Å². The van der Waals surface area contributed by atoms with Crippen LogP contribution >= 0.6 is 24.8 Å². The summed E-state index contributed by atoms with van der Waals surface area (Å²) in [4.78, 5) is 2.48. The van der Waals surface area contributed by atoms with Gasteiger partial charge in [-0.1, -0.05) is 6.07 Å². The van der Waals surface area contributed by atoms with Crippen molar-refractivity contribution in [2.45, 2.75) is 13.0 Å². The lowest BCUT2D eigenvalue weighted by Crippen LogP contribution is -2.44. The van der Waals surface area contributed by atoms with Crippen molar-refractivity contribution in [2.75, 3.05) is 26.2 Å². The quantitative estimate of drug-likeness (QED) is 0.920. The Morgan fingerprint density at radius 3 is 2.58 bits per heavy atom. The molecule has 3 rings (SSSR count). The molecule has 1 aliphatic heterocycles. The van der Waals surface area contributed by atoms with Gasteiger partial charge in [-0.25, -0.2) is 4.63 Å². The largest absolute Gasteiger partial charge is 0.314 e. The first-order valence-corrected chi connectivity index (χ1v) is 6.01. The summed E-state index contributed by atoms with van der Waals surface area (Å²) >= 11 is 0. The smallest absolute Gasteiger partial charge is 0.135 e. The second kappa shape index (κ2) is 7.05. The molecule has 1 fully saturated rings. The number of hydrogen-bond donors (Lipinski definition) is 1. The Morgan fingerprint density at radius 1 is 1.16 bits per heavy atom. The minimum Gasteiger partial charge on any atom is -0.314 e. The summed E-state index contributed by atoms with van der Waals surface area (Å²) in [5.41, 5.74) is 2.93. The van der Waals surface area contributed by atoms with Crippen molar-refractivity contribution >= 4 is 35.8 Å². The van der Waals surface area contributed by atoms with Crippen molar-refractivity contribution in [2.24, 2.45) is 0 Å². The third-order valence-corrected chi connectivity index (χ3v) is 3.46. The number of rotatable bonds is 2. The van der Waals surface area contributed by atoms with Crippen molar-refractivity contribution in [3.8, 4) is 0 Å². The van der Waals surface area contributed by atoms with E-state index in [-0.39, 0.29) is 24.8 Å². The molecule has 1 aromatic heterocycles. The second-order valence-electron chi connectivity index (χ2n) is 4.47. The van der Waals surface area contributed by atoms with Crippen LogP contribution in [0.15, 0.2) is 22.8 Å². The highest BCUT2D eigenvalue weighted by Gasteiger charge is 2.18. The van der Waals surface area contributed by atoms with Crippen LogP contribution in [0.4, 0.5) is 0 Å². The summed E-state index contributed by atoms with van der Waals surface area (Å²) < 4.78 is 4.72. The van der Waals surface area contributed by atoms with E-state index in [0.717, 1.165) is 37.2 Å². The summed E-state index contributed by atoms with van der Waals surface area (Å²) in [6.07, 6.45) is 0. The Morgan fingerprint density at radius 2 is 1.84 bits per heavy atom. The monoisotopic (exact) mass is 304 g/mol. The maximum atomic E-state index is 4.72. The summed E-state index contributed by atoms with van der Waals surface area (Å²) in [7, 11) is 0. The van der Waals surface area contributed by atoms with Crippen molar-refractivity contribution in [1.82, 2.24) is 20.5 Å². The summed E-state index contributed by atoms with van der Waals surface area (Å²) in [6.45, 7) is 6.56. The predicted octanol–water partition coefficient (Wildman–Crippen LogP) is 2.03. The van der Waals surface area contributed by atoms with Crippen LogP contribution in [-0.4, -0.2) is 41.4 Å². The molecule has 0 aliphatic carbocycles. The molecule has 0 saturated carbocycles. The van der Waals surface area contributed by atoms with Crippen LogP contribution in [-0.2, 0) is 0 Å². The van der Waals surface area contributed by atoms with Crippen molar-refractivity contribution in [3.05, 3.63) is 23.8 Å². The number of hydrogen-bond acceptors (Lipinski definition) is 5. The Bertz CT molecular complexity index is 513. The maximum Gasteiger partial charge on any atom is 0.135 e. The van der Waals surface area contributed by atoms with E-state index >= 15 is 0 Å². The highest BCUT2D eigenvalue weighted by molar-refractivity contribution is 5.85. The zero-order chi connectivity index (χ0) is 11.7. The molecule has 1 N–H and O–H groups in total. The third-order valence-electron chi connectivity index (χ3n) is 3.46.